The zero-order valence-corrected chi connectivity index (χ0v) is 17.8. The number of carbonyl (C=O) groups excluding carboxylic acids is 1. The molecule has 4 rings (SSSR count). The van der Waals surface area contributed by atoms with Crippen molar-refractivity contribution in [1.29, 1.82) is 0 Å². The number of benzene rings is 1. The molecule has 0 saturated heterocycles. The third-order valence-electron chi connectivity index (χ3n) is 5.64. The minimum atomic E-state index is -0.712. The van der Waals surface area contributed by atoms with E-state index in [0.29, 0.717) is 48.6 Å². The van der Waals surface area contributed by atoms with Gasteiger partial charge in [0.1, 0.15) is 6.61 Å². The summed E-state index contributed by atoms with van der Waals surface area (Å²) in [5.74, 6) is -0.239. The fraction of sp³-hybridized carbons (Fsp3) is 0.348. The van der Waals surface area contributed by atoms with Crippen LogP contribution in [0.3, 0.4) is 0 Å². The van der Waals surface area contributed by atoms with E-state index in [0.717, 1.165) is 11.1 Å². The lowest BCUT2D eigenvalue weighted by molar-refractivity contribution is 0.0988. The van der Waals surface area contributed by atoms with Gasteiger partial charge in [0.25, 0.3) is 0 Å². The molecule has 3 N–H and O–H groups in total. The molecule has 9 heteroatoms. The number of ether oxygens (including phenoxy) is 1. The quantitative estimate of drug-likeness (QED) is 0.552. The first kappa shape index (κ1) is 21.9. The van der Waals surface area contributed by atoms with Crippen molar-refractivity contribution in [2.24, 2.45) is 5.73 Å². The van der Waals surface area contributed by atoms with Gasteiger partial charge in [-0.15, -0.1) is 0 Å². The number of primary amides is 1. The predicted octanol–water partition coefficient (Wildman–Crippen LogP) is 2.16. The number of β-amino-alcohol motifs (C(OH)–C–C–N with tert-alkyl or cyclic N) is 1. The summed E-state index contributed by atoms with van der Waals surface area (Å²) in [7, 11) is 0. The first-order valence-electron chi connectivity index (χ1n) is 10.4. The van der Waals surface area contributed by atoms with Crippen molar-refractivity contribution in [2.45, 2.75) is 39.0 Å². The van der Waals surface area contributed by atoms with Crippen LogP contribution in [0.4, 0.5) is 4.39 Å². The molecule has 0 spiro atoms. The van der Waals surface area contributed by atoms with Crippen LogP contribution in [0, 0.1) is 12.7 Å². The molecule has 1 aromatic carbocycles. The Morgan fingerprint density at radius 3 is 3.00 bits per heavy atom. The van der Waals surface area contributed by atoms with Crippen molar-refractivity contribution in [3.05, 3.63) is 76.5 Å². The Hall–Kier alpha value is -3.30. The second-order valence-electron chi connectivity index (χ2n) is 7.94. The van der Waals surface area contributed by atoms with Gasteiger partial charge >= 0.3 is 0 Å². The van der Waals surface area contributed by atoms with Gasteiger partial charge in [0, 0.05) is 44.0 Å². The largest absolute Gasteiger partial charge is 0.482 e. The molecule has 168 valence electrons. The average molecular weight is 440 g/mol. The minimum absolute atomic E-state index is 0.113. The van der Waals surface area contributed by atoms with Gasteiger partial charge in [-0.1, -0.05) is 0 Å². The summed E-state index contributed by atoms with van der Waals surface area (Å²) in [5, 5.41) is 10.6. The van der Waals surface area contributed by atoms with Gasteiger partial charge in [-0.05, 0) is 48.2 Å². The first-order valence-corrected chi connectivity index (χ1v) is 10.4. The van der Waals surface area contributed by atoms with Crippen molar-refractivity contribution >= 4 is 5.91 Å². The predicted molar refractivity (Wildman–Crippen MR) is 113 cm³/mol. The Morgan fingerprint density at radius 2 is 2.25 bits per heavy atom. The Bertz CT molecular complexity index is 1120. The van der Waals surface area contributed by atoms with Crippen LogP contribution in [-0.4, -0.2) is 45.1 Å². The summed E-state index contributed by atoms with van der Waals surface area (Å²) < 4.78 is 25.5. The van der Waals surface area contributed by atoms with Crippen LogP contribution in [0.25, 0.3) is 0 Å². The summed E-state index contributed by atoms with van der Waals surface area (Å²) in [6, 6.07) is 4.77. The lowest BCUT2D eigenvalue weighted by Crippen LogP contribution is -2.37. The van der Waals surface area contributed by atoms with E-state index in [-0.39, 0.29) is 18.8 Å². The van der Waals surface area contributed by atoms with Crippen LogP contribution in [-0.2, 0) is 26.0 Å². The molecular weight excluding hydrogens is 415 g/mol. The highest BCUT2D eigenvalue weighted by Crippen LogP contribution is 2.28. The molecule has 0 fully saturated rings. The molecule has 32 heavy (non-hydrogen) atoms. The summed E-state index contributed by atoms with van der Waals surface area (Å²) in [6.45, 7) is 3.53. The molecule has 0 aliphatic carbocycles. The molecule has 8 nitrogen and oxygen atoms in total. The number of nitrogens with two attached hydrogens (primary N) is 1. The van der Waals surface area contributed by atoms with E-state index in [1.54, 1.807) is 25.3 Å². The SMILES string of the molecule is Cc1ncoc1COc1cc2c(cc1F)CN(CC(O)Cc1cnccc1C(N)=O)CC2. The Balaban J connectivity index is 1.38. The standard InChI is InChI=1S/C23H25FN4O4/c1-14-22(32-13-27-14)12-31-21-8-15-3-5-28(10-17(15)7-20(21)24)11-18(29)6-16-9-26-4-2-19(16)23(25)30/h2,4,7-9,13,18,29H,3,5-6,10-12H2,1H3,(H2,25,30). The minimum Gasteiger partial charge on any atom is -0.482 e. The number of aliphatic hydroxyl groups excluding tert-OH is 1. The van der Waals surface area contributed by atoms with Crippen LogP contribution in [0.15, 0.2) is 41.4 Å². The van der Waals surface area contributed by atoms with Crippen LogP contribution in [0.1, 0.15) is 38.5 Å². The number of fused-ring (bicyclic) bond motifs is 1. The third-order valence-corrected chi connectivity index (χ3v) is 5.64. The van der Waals surface area contributed by atoms with Crippen molar-refractivity contribution in [3.63, 3.8) is 0 Å². The van der Waals surface area contributed by atoms with Crippen molar-refractivity contribution in [1.82, 2.24) is 14.9 Å². The van der Waals surface area contributed by atoms with Gasteiger partial charge < -0.3 is 20.0 Å². The number of rotatable bonds is 8. The number of halogens is 1. The molecule has 1 aliphatic rings. The second kappa shape index (κ2) is 9.46. The topological polar surface area (TPSA) is 115 Å². The van der Waals surface area contributed by atoms with E-state index < -0.39 is 17.8 Å². The molecular formula is C23H25FN4O4. The number of pyridine rings is 1. The molecule has 3 aromatic rings. The van der Waals surface area contributed by atoms with Crippen molar-refractivity contribution in [3.8, 4) is 5.75 Å². The number of amides is 1. The lowest BCUT2D eigenvalue weighted by atomic mass is 9.98. The highest BCUT2D eigenvalue weighted by atomic mass is 19.1. The van der Waals surface area contributed by atoms with Gasteiger partial charge in [0.2, 0.25) is 5.91 Å². The number of aryl methyl sites for hydroxylation is 1. The molecule has 1 unspecified atom stereocenters. The molecule has 1 amide bonds. The molecule has 1 atom stereocenters. The van der Waals surface area contributed by atoms with Gasteiger partial charge in [0.15, 0.2) is 23.7 Å². The monoisotopic (exact) mass is 440 g/mol. The van der Waals surface area contributed by atoms with Crippen LogP contribution in [0.2, 0.25) is 0 Å². The normalized spacial score (nSPS) is 14.7. The summed E-state index contributed by atoms with van der Waals surface area (Å²) in [4.78, 5) is 21.6. The number of nitrogens with zero attached hydrogens (tertiary/aromatic N) is 3. The van der Waals surface area contributed by atoms with Crippen LogP contribution in [0.5, 0.6) is 5.75 Å². The van der Waals surface area contributed by atoms with E-state index in [1.807, 2.05) is 0 Å². The van der Waals surface area contributed by atoms with E-state index in [2.05, 4.69) is 14.9 Å². The first-order chi connectivity index (χ1) is 15.4. The zero-order valence-electron chi connectivity index (χ0n) is 17.8. The fourth-order valence-electron chi connectivity index (χ4n) is 3.94. The van der Waals surface area contributed by atoms with Crippen LogP contribution >= 0.6 is 0 Å². The van der Waals surface area contributed by atoms with Crippen LogP contribution < -0.4 is 10.5 Å². The van der Waals surface area contributed by atoms with Crippen molar-refractivity contribution in [2.75, 3.05) is 13.1 Å². The number of hydrogen-bond acceptors (Lipinski definition) is 7. The number of carbonyl (C=O) groups is 1. The van der Waals surface area contributed by atoms with E-state index in [4.69, 9.17) is 14.9 Å². The molecule has 2 aromatic heterocycles. The summed E-state index contributed by atoms with van der Waals surface area (Å²) in [5.41, 5.74) is 8.96. The Morgan fingerprint density at radius 1 is 1.41 bits per heavy atom. The second-order valence-corrected chi connectivity index (χ2v) is 7.94. The van der Waals surface area contributed by atoms with E-state index >= 15 is 0 Å². The molecule has 0 saturated carbocycles. The van der Waals surface area contributed by atoms with E-state index in [1.165, 1.54) is 18.7 Å². The molecule has 0 radical (unpaired) electrons. The van der Waals surface area contributed by atoms with Gasteiger partial charge in [-0.3, -0.25) is 14.7 Å². The maximum atomic E-state index is 14.6. The highest BCUT2D eigenvalue weighted by Gasteiger charge is 2.22. The summed E-state index contributed by atoms with van der Waals surface area (Å²) in [6.07, 6.45) is 4.64. The summed E-state index contributed by atoms with van der Waals surface area (Å²) >= 11 is 0. The Labute approximate surface area is 184 Å². The van der Waals surface area contributed by atoms with Gasteiger partial charge in [-0.25, -0.2) is 9.37 Å². The number of aliphatic hydroxyl groups is 1. The zero-order chi connectivity index (χ0) is 22.7. The fourth-order valence-corrected chi connectivity index (χ4v) is 3.94. The smallest absolute Gasteiger partial charge is 0.249 e. The maximum Gasteiger partial charge on any atom is 0.249 e. The number of oxazole rings is 1. The number of hydrogen-bond donors (Lipinski definition) is 2. The molecule has 1 aliphatic heterocycles. The lowest BCUT2D eigenvalue weighted by Gasteiger charge is -2.30. The average Bonchev–Trinajstić information content (AvgIpc) is 3.17. The number of aromatic nitrogens is 2. The maximum absolute atomic E-state index is 14.6. The van der Waals surface area contributed by atoms with Crippen molar-refractivity contribution < 1.29 is 23.4 Å². The third kappa shape index (κ3) is 4.95. The Kier molecular flexibility index (Phi) is 6.48. The molecule has 0 bridgehead atoms. The highest BCUT2D eigenvalue weighted by molar-refractivity contribution is 5.94. The van der Waals surface area contributed by atoms with E-state index in [9.17, 15) is 14.3 Å². The van der Waals surface area contributed by atoms with Gasteiger partial charge in [0.05, 0.1) is 11.8 Å². The van der Waals surface area contributed by atoms with Gasteiger partial charge in [-0.2, -0.15) is 0 Å². The molecule has 3 heterocycles.